The van der Waals surface area contributed by atoms with Crippen LogP contribution in [0.4, 0.5) is 5.82 Å². The molecule has 1 aliphatic carbocycles. The van der Waals surface area contributed by atoms with Crippen LogP contribution in [-0.4, -0.2) is 65.9 Å². The second-order valence-electron chi connectivity index (χ2n) is 11.8. The van der Waals surface area contributed by atoms with Gasteiger partial charge >= 0.3 is 5.97 Å². The second kappa shape index (κ2) is 13.1. The molecule has 2 unspecified atom stereocenters. The smallest absolute Gasteiger partial charge is 0.314 e. The van der Waals surface area contributed by atoms with Gasteiger partial charge in [-0.3, -0.25) is 28.8 Å². The first-order valence-corrected chi connectivity index (χ1v) is 16.2. The highest BCUT2D eigenvalue weighted by Gasteiger charge is 2.52. The van der Waals surface area contributed by atoms with Crippen LogP contribution in [-0.2, 0) is 26.3 Å². The highest BCUT2D eigenvalue weighted by molar-refractivity contribution is 9.10. The Balaban J connectivity index is 0.00000204. The zero-order valence-electron chi connectivity index (χ0n) is 26.5. The third-order valence-electron chi connectivity index (χ3n) is 8.59. The number of aromatic nitrogens is 4. The zero-order valence-corrected chi connectivity index (χ0v) is 28.1. The van der Waals surface area contributed by atoms with Crippen LogP contribution >= 0.6 is 15.9 Å². The maximum Gasteiger partial charge on any atom is 0.314 e. The molecule has 0 bridgehead atoms. The number of aliphatic carboxylic acids is 1. The summed E-state index contributed by atoms with van der Waals surface area (Å²) in [7, 11) is 0. The van der Waals surface area contributed by atoms with Crippen molar-refractivity contribution >= 4 is 56.2 Å². The number of nitrogens with zero attached hydrogens (tertiary/aromatic N) is 5. The Morgan fingerprint density at radius 3 is 2.48 bits per heavy atom. The third kappa shape index (κ3) is 6.31. The Morgan fingerprint density at radius 2 is 1.80 bits per heavy atom. The van der Waals surface area contributed by atoms with Crippen molar-refractivity contribution in [2.75, 3.05) is 11.9 Å². The largest absolute Gasteiger partial charge is 0.481 e. The summed E-state index contributed by atoms with van der Waals surface area (Å²) in [6, 6.07) is 10.3. The number of carboxylic acids is 1. The Labute approximate surface area is 275 Å². The van der Waals surface area contributed by atoms with Gasteiger partial charge in [0.15, 0.2) is 5.78 Å². The number of likely N-dealkylation sites (tertiary alicyclic amines) is 1. The number of rotatable bonds is 8. The van der Waals surface area contributed by atoms with Crippen molar-refractivity contribution in [1.29, 1.82) is 0 Å². The number of pyridine rings is 2. The number of anilines is 1. The van der Waals surface area contributed by atoms with Crippen molar-refractivity contribution in [1.82, 2.24) is 24.6 Å². The van der Waals surface area contributed by atoms with E-state index in [-0.39, 0.29) is 35.8 Å². The summed E-state index contributed by atoms with van der Waals surface area (Å²) in [4.78, 5) is 61.7. The second-order valence-corrected chi connectivity index (χ2v) is 12.6. The number of fused-ring (bicyclic) bond motifs is 1. The van der Waals surface area contributed by atoms with Gasteiger partial charge in [0.1, 0.15) is 28.7 Å². The lowest BCUT2D eigenvalue weighted by atomic mass is 9.94. The lowest BCUT2D eigenvalue weighted by Gasteiger charge is -2.24. The number of carbonyl (C=O) groups excluding carboxylic acids is 3. The summed E-state index contributed by atoms with van der Waals surface area (Å²) in [6.07, 6.45) is 4.91. The Morgan fingerprint density at radius 1 is 1.07 bits per heavy atom. The summed E-state index contributed by atoms with van der Waals surface area (Å²) >= 11 is 3.33. The number of hydrogen-bond donors (Lipinski definition) is 2. The Bertz CT molecular complexity index is 1850. The molecule has 11 nitrogen and oxygen atoms in total. The fraction of sp³-hybridized carbons (Fsp3) is 0.382. The Kier molecular flexibility index (Phi) is 9.39. The van der Waals surface area contributed by atoms with Crippen LogP contribution in [0.5, 0.6) is 0 Å². The number of hydrogen-bond acceptors (Lipinski definition) is 7. The average molecular weight is 690 g/mol. The first-order chi connectivity index (χ1) is 22.0. The van der Waals surface area contributed by atoms with Gasteiger partial charge in [0.05, 0.1) is 10.9 Å². The van der Waals surface area contributed by atoms with E-state index in [2.05, 4.69) is 36.3 Å². The minimum atomic E-state index is -0.891. The van der Waals surface area contributed by atoms with Gasteiger partial charge in [-0.25, -0.2) is 4.98 Å². The molecule has 4 aromatic rings. The van der Waals surface area contributed by atoms with Crippen molar-refractivity contribution in [2.45, 2.75) is 71.9 Å². The topological polar surface area (TPSA) is 147 Å². The Hall–Kier alpha value is -4.45. The molecule has 6 rings (SSSR count). The van der Waals surface area contributed by atoms with Gasteiger partial charge in [0, 0.05) is 36.8 Å². The van der Waals surface area contributed by atoms with E-state index >= 15 is 0 Å². The molecule has 1 aliphatic heterocycles. The molecule has 1 aromatic carbocycles. The molecule has 2 atom stereocenters. The predicted molar refractivity (Wildman–Crippen MR) is 177 cm³/mol. The van der Waals surface area contributed by atoms with Gasteiger partial charge in [-0.15, -0.1) is 0 Å². The number of ketones is 1. The summed E-state index contributed by atoms with van der Waals surface area (Å²) < 4.78 is 2.10. The fourth-order valence-corrected chi connectivity index (χ4v) is 6.28. The molecule has 4 heterocycles. The van der Waals surface area contributed by atoms with E-state index < -0.39 is 17.4 Å². The van der Waals surface area contributed by atoms with Gasteiger partial charge in [0.25, 0.3) is 0 Å². The van der Waals surface area contributed by atoms with E-state index in [9.17, 15) is 24.3 Å². The van der Waals surface area contributed by atoms with Crippen LogP contribution in [0.25, 0.3) is 22.0 Å². The van der Waals surface area contributed by atoms with Crippen LogP contribution in [0.3, 0.4) is 0 Å². The normalized spacial score (nSPS) is 18.1. The lowest BCUT2D eigenvalue weighted by molar-refractivity contribution is -0.140. The molecule has 2 fully saturated rings. The maximum absolute atomic E-state index is 13.7. The van der Waals surface area contributed by atoms with E-state index in [0.29, 0.717) is 52.7 Å². The lowest BCUT2D eigenvalue weighted by Crippen LogP contribution is -2.44. The number of Topliss-reactive ketones (excluding diaryl/α,β-unsaturated/α-hetero) is 1. The van der Waals surface area contributed by atoms with E-state index in [4.69, 9.17) is 0 Å². The maximum atomic E-state index is 13.7. The van der Waals surface area contributed by atoms with E-state index in [1.165, 1.54) is 11.6 Å². The van der Waals surface area contributed by atoms with Crippen LogP contribution in [0.1, 0.15) is 68.6 Å². The summed E-state index contributed by atoms with van der Waals surface area (Å²) in [5.74, 6) is -1.14. The van der Waals surface area contributed by atoms with Gasteiger partial charge in [-0.2, -0.15) is 5.10 Å². The van der Waals surface area contributed by atoms with E-state index in [1.54, 1.807) is 29.4 Å². The van der Waals surface area contributed by atoms with Crippen LogP contribution in [0.15, 0.2) is 53.4 Å². The molecule has 46 heavy (non-hydrogen) atoms. The van der Waals surface area contributed by atoms with Gasteiger partial charge in [-0.05, 0) is 89.0 Å². The molecular weight excluding hydrogens is 652 g/mol. The minimum Gasteiger partial charge on any atom is -0.481 e. The molecule has 1 saturated heterocycles. The molecule has 3 aromatic heterocycles. The highest BCUT2D eigenvalue weighted by atomic mass is 79.9. The summed E-state index contributed by atoms with van der Waals surface area (Å²) in [5, 5.41) is 17.7. The number of aryl methyl sites for hydroxylation is 1. The monoisotopic (exact) mass is 688 g/mol. The van der Waals surface area contributed by atoms with E-state index in [0.717, 1.165) is 16.7 Å². The van der Waals surface area contributed by atoms with Crippen molar-refractivity contribution < 1.29 is 24.3 Å². The number of carboxylic acid groups (broad SMARTS) is 1. The summed E-state index contributed by atoms with van der Waals surface area (Å²) in [6.45, 7) is 9.55. The predicted octanol–water partition coefficient (Wildman–Crippen LogP) is 5.78. The number of benzene rings is 1. The minimum absolute atomic E-state index is 0.122. The number of amides is 2. The number of carbonyl (C=O) groups is 4. The average Bonchev–Trinajstić information content (AvgIpc) is 3.66. The van der Waals surface area contributed by atoms with Crippen molar-refractivity contribution in [3.8, 4) is 11.1 Å². The van der Waals surface area contributed by atoms with E-state index in [1.807, 2.05) is 52.0 Å². The number of halogens is 1. The van der Waals surface area contributed by atoms with Crippen LogP contribution in [0.2, 0.25) is 0 Å². The third-order valence-corrected chi connectivity index (χ3v) is 9.03. The molecule has 1 saturated carbocycles. The molecule has 12 heteroatoms. The van der Waals surface area contributed by atoms with Crippen molar-refractivity contribution in [2.24, 2.45) is 5.92 Å². The van der Waals surface area contributed by atoms with Crippen LogP contribution in [0, 0.1) is 12.8 Å². The van der Waals surface area contributed by atoms with Crippen molar-refractivity contribution in [3.05, 3.63) is 70.2 Å². The molecule has 240 valence electrons. The first-order valence-electron chi connectivity index (χ1n) is 15.4. The highest BCUT2D eigenvalue weighted by Crippen LogP contribution is 2.48. The van der Waals surface area contributed by atoms with Crippen molar-refractivity contribution in [3.63, 3.8) is 0 Å². The molecule has 0 radical (unpaired) electrons. The summed E-state index contributed by atoms with van der Waals surface area (Å²) in [5.41, 5.74) is 2.87. The molecule has 2 N–H and O–H groups in total. The first kappa shape index (κ1) is 32.9. The zero-order chi connectivity index (χ0) is 33.3. The molecule has 2 aliphatic rings. The van der Waals surface area contributed by atoms with Crippen LogP contribution < -0.4 is 5.32 Å². The molecular formula is C34H37BrN6O5. The van der Waals surface area contributed by atoms with Gasteiger partial charge in [-0.1, -0.05) is 32.9 Å². The standard InChI is InChI=1S/C32H31BrN6O5.C2H6/c1-17-10-25(30(42)36-29-18(2)4-7-26(33)35-29)38(15-17)27(41)16-39-24-6-5-20(12-23(24)28(37-39)19(3)40)21-11-22(14-34-13-21)32(8-9-32)31(43)44;1-2/h4-7,11-14,17,25H,8-10,15-16H2,1-3H3,(H,43,44)(H,35,36,42);1-2H3. The molecule has 2 amide bonds. The number of nitrogens with one attached hydrogen (secondary N) is 1. The molecule has 0 spiro atoms. The SMILES string of the molecule is CC.CC(=O)c1nn(CC(=O)N2CC(C)CC2C(=O)Nc2nc(Br)ccc2C)c2ccc(-c3cncc(C4(C(=O)O)CC4)c3)cc12. The van der Waals surface area contributed by atoms with Gasteiger partial charge < -0.3 is 15.3 Å². The quantitative estimate of drug-likeness (QED) is 0.175. The van der Waals surface area contributed by atoms with Gasteiger partial charge in [0.2, 0.25) is 11.8 Å². The fourth-order valence-electron chi connectivity index (χ4n) is 5.97.